The predicted octanol–water partition coefficient (Wildman–Crippen LogP) is 0.916. The topological polar surface area (TPSA) is 63.6 Å². The monoisotopic (exact) mass is 202 g/mol. The Morgan fingerprint density at radius 1 is 1.43 bits per heavy atom. The number of carbonyl (C=O) groups excluding carboxylic acids is 2. The van der Waals surface area contributed by atoms with Crippen LogP contribution in [-0.2, 0) is 14.3 Å². The van der Waals surface area contributed by atoms with Crippen molar-refractivity contribution in [3.8, 4) is 0 Å². The van der Waals surface area contributed by atoms with Crippen LogP contribution < -0.4 is 0 Å². The molecule has 0 saturated carbocycles. The summed E-state index contributed by atoms with van der Waals surface area (Å²) in [5.41, 5.74) is -1.66. The van der Waals surface area contributed by atoms with Gasteiger partial charge in [0.05, 0.1) is 7.11 Å². The molecule has 0 saturated heterocycles. The lowest BCUT2D eigenvalue weighted by Crippen LogP contribution is -2.42. The van der Waals surface area contributed by atoms with E-state index in [2.05, 4.69) is 4.74 Å². The van der Waals surface area contributed by atoms with Gasteiger partial charge in [-0.15, -0.1) is 0 Å². The highest BCUT2D eigenvalue weighted by molar-refractivity contribution is 5.87. The first-order chi connectivity index (χ1) is 6.31. The summed E-state index contributed by atoms with van der Waals surface area (Å²) in [4.78, 5) is 22.2. The van der Waals surface area contributed by atoms with E-state index in [0.29, 0.717) is 0 Å². The molecule has 0 aliphatic rings. The fourth-order valence-corrected chi connectivity index (χ4v) is 1.50. The van der Waals surface area contributed by atoms with Crippen LogP contribution in [0.1, 0.15) is 33.6 Å². The Balaban J connectivity index is 4.65. The highest BCUT2D eigenvalue weighted by Gasteiger charge is 2.38. The summed E-state index contributed by atoms with van der Waals surface area (Å²) in [6.45, 7) is 5.08. The minimum atomic E-state index is -1.66. The number of carbonyl (C=O) groups is 2. The van der Waals surface area contributed by atoms with Gasteiger partial charge in [-0.05, 0) is 19.3 Å². The van der Waals surface area contributed by atoms with Gasteiger partial charge in [-0.2, -0.15) is 0 Å². The highest BCUT2D eigenvalue weighted by atomic mass is 16.5. The van der Waals surface area contributed by atoms with Crippen molar-refractivity contribution >= 4 is 11.8 Å². The Morgan fingerprint density at radius 3 is 2.21 bits per heavy atom. The zero-order valence-corrected chi connectivity index (χ0v) is 9.16. The summed E-state index contributed by atoms with van der Waals surface area (Å²) in [5.74, 6) is -0.835. The molecule has 0 rings (SSSR count). The maximum Gasteiger partial charge on any atom is 0.338 e. The Hall–Kier alpha value is -0.900. The molecule has 0 aromatic heterocycles. The fourth-order valence-electron chi connectivity index (χ4n) is 1.50. The smallest absolute Gasteiger partial charge is 0.338 e. The molecule has 1 N–H and O–H groups in total. The number of rotatable bonds is 5. The van der Waals surface area contributed by atoms with Crippen LogP contribution in [0.3, 0.4) is 0 Å². The minimum absolute atomic E-state index is 0.124. The Morgan fingerprint density at radius 2 is 1.93 bits per heavy atom. The summed E-state index contributed by atoms with van der Waals surface area (Å²) in [6.07, 6.45) is 0.0527. The second-order valence-corrected chi connectivity index (χ2v) is 4.00. The van der Waals surface area contributed by atoms with E-state index < -0.39 is 11.6 Å². The number of Topliss-reactive ketones (excluding diaryl/α,β-unsaturated/α-hetero) is 1. The average Bonchev–Trinajstić information content (AvgIpc) is 1.99. The number of ether oxygens (including phenoxy) is 1. The molecular weight excluding hydrogens is 184 g/mol. The molecule has 14 heavy (non-hydrogen) atoms. The molecule has 0 aliphatic heterocycles. The standard InChI is InChI=1S/C10H18O4/c1-7(2)5-10(13,6-8(3)11)9(12)14-4/h7,13H,5-6H2,1-4H3/t10-/m0/s1. The molecule has 0 aromatic carbocycles. The summed E-state index contributed by atoms with van der Waals surface area (Å²) >= 11 is 0. The van der Waals surface area contributed by atoms with Crippen LogP contribution in [0.15, 0.2) is 0 Å². The van der Waals surface area contributed by atoms with Crippen LogP contribution in [0.25, 0.3) is 0 Å². The van der Waals surface area contributed by atoms with Crippen molar-refractivity contribution in [2.24, 2.45) is 5.92 Å². The molecule has 0 amide bonds. The number of esters is 1. The van der Waals surface area contributed by atoms with Crippen molar-refractivity contribution in [2.45, 2.75) is 39.2 Å². The third-order valence-corrected chi connectivity index (χ3v) is 1.85. The predicted molar refractivity (Wildman–Crippen MR) is 51.7 cm³/mol. The van der Waals surface area contributed by atoms with Crippen LogP contribution in [-0.4, -0.2) is 29.6 Å². The van der Waals surface area contributed by atoms with Gasteiger partial charge in [0.15, 0.2) is 5.60 Å². The lowest BCUT2D eigenvalue weighted by atomic mass is 9.88. The molecule has 4 heteroatoms. The quantitative estimate of drug-likeness (QED) is 0.673. The lowest BCUT2D eigenvalue weighted by Gasteiger charge is -2.25. The summed E-state index contributed by atoms with van der Waals surface area (Å²) in [5, 5.41) is 9.93. The first-order valence-electron chi connectivity index (χ1n) is 4.62. The largest absolute Gasteiger partial charge is 0.467 e. The molecular formula is C10H18O4. The molecule has 1 atom stereocenters. The number of hydrogen-bond acceptors (Lipinski definition) is 4. The van der Waals surface area contributed by atoms with Crippen molar-refractivity contribution < 1.29 is 19.4 Å². The van der Waals surface area contributed by atoms with E-state index in [1.807, 2.05) is 13.8 Å². The summed E-state index contributed by atoms with van der Waals surface area (Å²) < 4.78 is 4.48. The van der Waals surface area contributed by atoms with Crippen LogP contribution in [0, 0.1) is 5.92 Å². The van der Waals surface area contributed by atoms with Gasteiger partial charge >= 0.3 is 5.97 Å². The van der Waals surface area contributed by atoms with Crippen molar-refractivity contribution in [2.75, 3.05) is 7.11 Å². The van der Waals surface area contributed by atoms with Crippen LogP contribution >= 0.6 is 0 Å². The van der Waals surface area contributed by atoms with E-state index in [0.717, 1.165) is 0 Å². The third-order valence-electron chi connectivity index (χ3n) is 1.85. The van der Waals surface area contributed by atoms with Crippen molar-refractivity contribution in [1.82, 2.24) is 0 Å². The minimum Gasteiger partial charge on any atom is -0.467 e. The normalized spacial score (nSPS) is 15.0. The first-order valence-corrected chi connectivity index (χ1v) is 4.62. The van der Waals surface area contributed by atoms with Gasteiger partial charge in [-0.3, -0.25) is 4.79 Å². The second-order valence-electron chi connectivity index (χ2n) is 4.00. The van der Waals surface area contributed by atoms with Gasteiger partial charge in [0, 0.05) is 6.42 Å². The molecule has 0 spiro atoms. The van der Waals surface area contributed by atoms with Gasteiger partial charge in [0.25, 0.3) is 0 Å². The van der Waals surface area contributed by atoms with Crippen molar-refractivity contribution in [3.63, 3.8) is 0 Å². The Bertz CT molecular complexity index is 222. The van der Waals surface area contributed by atoms with Gasteiger partial charge in [0.2, 0.25) is 0 Å². The lowest BCUT2D eigenvalue weighted by molar-refractivity contribution is -0.166. The summed E-state index contributed by atoms with van der Waals surface area (Å²) in [6, 6.07) is 0. The fraction of sp³-hybridized carbons (Fsp3) is 0.800. The number of methoxy groups -OCH3 is 1. The van der Waals surface area contributed by atoms with Crippen molar-refractivity contribution in [3.05, 3.63) is 0 Å². The zero-order chi connectivity index (χ0) is 11.4. The van der Waals surface area contributed by atoms with E-state index in [4.69, 9.17) is 0 Å². The second kappa shape index (κ2) is 5.10. The van der Waals surface area contributed by atoms with Crippen LogP contribution in [0.5, 0.6) is 0 Å². The average molecular weight is 202 g/mol. The number of aliphatic hydroxyl groups is 1. The van der Waals surface area contributed by atoms with E-state index >= 15 is 0 Å². The summed E-state index contributed by atoms with van der Waals surface area (Å²) in [7, 11) is 1.20. The third kappa shape index (κ3) is 3.87. The van der Waals surface area contributed by atoms with E-state index in [9.17, 15) is 14.7 Å². The van der Waals surface area contributed by atoms with Crippen LogP contribution in [0.4, 0.5) is 0 Å². The zero-order valence-electron chi connectivity index (χ0n) is 9.16. The van der Waals surface area contributed by atoms with Gasteiger partial charge in [-0.25, -0.2) is 4.79 Å². The van der Waals surface area contributed by atoms with E-state index in [1.165, 1.54) is 14.0 Å². The molecule has 4 nitrogen and oxygen atoms in total. The number of ketones is 1. The van der Waals surface area contributed by atoms with Crippen LogP contribution in [0.2, 0.25) is 0 Å². The Kier molecular flexibility index (Phi) is 4.77. The molecule has 0 fully saturated rings. The molecule has 0 bridgehead atoms. The SMILES string of the molecule is COC(=O)[C@@](O)(CC(C)=O)CC(C)C. The molecule has 0 unspecified atom stereocenters. The molecule has 0 aromatic rings. The Labute approximate surface area is 84.3 Å². The molecule has 0 aliphatic carbocycles. The number of hydrogen-bond donors (Lipinski definition) is 1. The molecule has 82 valence electrons. The maximum absolute atomic E-state index is 11.3. The van der Waals surface area contributed by atoms with Gasteiger partial charge in [0.1, 0.15) is 5.78 Å². The first kappa shape index (κ1) is 13.1. The van der Waals surface area contributed by atoms with E-state index in [1.54, 1.807) is 0 Å². The van der Waals surface area contributed by atoms with Crippen molar-refractivity contribution in [1.29, 1.82) is 0 Å². The van der Waals surface area contributed by atoms with E-state index in [-0.39, 0.29) is 24.5 Å². The maximum atomic E-state index is 11.3. The van der Waals surface area contributed by atoms with Gasteiger partial charge in [-0.1, -0.05) is 13.8 Å². The highest BCUT2D eigenvalue weighted by Crippen LogP contribution is 2.22. The molecule has 0 radical (unpaired) electrons. The van der Waals surface area contributed by atoms with Gasteiger partial charge < -0.3 is 9.84 Å². The molecule has 0 heterocycles.